The van der Waals surface area contributed by atoms with E-state index in [1.54, 1.807) is 31.4 Å². The van der Waals surface area contributed by atoms with Crippen molar-refractivity contribution in [2.45, 2.75) is 30.3 Å². The minimum atomic E-state index is -3.50. The molecular weight excluding hydrogens is 278 g/mol. The number of benzene rings is 1. The summed E-state index contributed by atoms with van der Waals surface area (Å²) in [6.45, 7) is 3.38. The molecule has 0 bridgehead atoms. The minimum Gasteiger partial charge on any atom is -0.381 e. The highest BCUT2D eigenvalue weighted by Crippen LogP contribution is 2.24. The Kier molecular flexibility index (Phi) is 4.80. The molecule has 1 fully saturated rings. The fraction of sp³-hybridized carbons (Fsp3) is 0.571. The van der Waals surface area contributed by atoms with Crippen molar-refractivity contribution >= 4 is 10.0 Å². The normalized spacial score (nSPS) is 18.9. The summed E-state index contributed by atoms with van der Waals surface area (Å²) in [5.74, 6) is 0. The summed E-state index contributed by atoms with van der Waals surface area (Å²) in [4.78, 5) is 0.279. The van der Waals surface area contributed by atoms with Gasteiger partial charge in [-0.3, -0.25) is 0 Å². The fourth-order valence-corrected chi connectivity index (χ4v) is 3.34. The second kappa shape index (κ2) is 6.22. The predicted molar refractivity (Wildman–Crippen MR) is 76.2 cm³/mol. The van der Waals surface area contributed by atoms with Crippen LogP contribution in [0.1, 0.15) is 18.4 Å². The maximum atomic E-state index is 12.2. The summed E-state index contributed by atoms with van der Waals surface area (Å²) in [6.07, 6.45) is 1.39. The Morgan fingerprint density at radius 3 is 2.40 bits per heavy atom. The van der Waals surface area contributed by atoms with E-state index in [-0.39, 0.29) is 11.4 Å². The van der Waals surface area contributed by atoms with Gasteiger partial charge >= 0.3 is 0 Å². The molecular formula is C14H21NO4S. The first-order valence-corrected chi connectivity index (χ1v) is 8.15. The van der Waals surface area contributed by atoms with Crippen LogP contribution >= 0.6 is 0 Å². The number of sulfonamides is 1. The molecule has 0 saturated carbocycles. The topological polar surface area (TPSA) is 64.6 Å². The van der Waals surface area contributed by atoms with Crippen molar-refractivity contribution < 1.29 is 17.9 Å². The van der Waals surface area contributed by atoms with E-state index in [0.717, 1.165) is 5.56 Å². The summed E-state index contributed by atoms with van der Waals surface area (Å²) in [6, 6.07) is 6.80. The predicted octanol–water partition coefficient (Wildman–Crippen LogP) is 1.47. The van der Waals surface area contributed by atoms with Crippen LogP contribution in [0.4, 0.5) is 0 Å². The molecule has 1 N–H and O–H groups in total. The molecule has 112 valence electrons. The molecule has 1 aliphatic heterocycles. The van der Waals surface area contributed by atoms with Gasteiger partial charge in [0.15, 0.2) is 0 Å². The molecule has 0 unspecified atom stereocenters. The summed E-state index contributed by atoms with van der Waals surface area (Å²) < 4.78 is 38.0. The Hall–Kier alpha value is -0.950. The van der Waals surface area contributed by atoms with Gasteiger partial charge in [-0.2, -0.15) is 0 Å². The maximum absolute atomic E-state index is 12.2. The fourth-order valence-electron chi connectivity index (χ4n) is 2.22. The first-order chi connectivity index (χ1) is 9.47. The van der Waals surface area contributed by atoms with Gasteiger partial charge in [0.25, 0.3) is 0 Å². The van der Waals surface area contributed by atoms with Crippen molar-refractivity contribution in [3.63, 3.8) is 0 Å². The quantitative estimate of drug-likeness (QED) is 0.894. The van der Waals surface area contributed by atoms with Gasteiger partial charge in [0.2, 0.25) is 10.0 Å². The molecule has 20 heavy (non-hydrogen) atoms. The van der Waals surface area contributed by atoms with Gasteiger partial charge < -0.3 is 9.47 Å². The lowest BCUT2D eigenvalue weighted by atomic mass is 9.94. The van der Waals surface area contributed by atoms with E-state index in [1.807, 2.05) is 6.92 Å². The second-order valence-corrected chi connectivity index (χ2v) is 6.90. The van der Waals surface area contributed by atoms with Gasteiger partial charge in [-0.15, -0.1) is 0 Å². The molecule has 6 heteroatoms. The Morgan fingerprint density at radius 2 is 1.85 bits per heavy atom. The maximum Gasteiger partial charge on any atom is 0.240 e. The van der Waals surface area contributed by atoms with Gasteiger partial charge in [0.1, 0.15) is 0 Å². The average Bonchev–Trinajstić information content (AvgIpc) is 2.47. The summed E-state index contributed by atoms with van der Waals surface area (Å²) in [7, 11) is -1.88. The summed E-state index contributed by atoms with van der Waals surface area (Å²) >= 11 is 0. The Bertz CT molecular complexity index is 533. The van der Waals surface area contributed by atoms with Crippen LogP contribution in [0, 0.1) is 6.92 Å². The van der Waals surface area contributed by atoms with E-state index in [2.05, 4.69) is 4.72 Å². The molecule has 0 spiro atoms. The number of nitrogens with one attached hydrogen (secondary N) is 1. The van der Waals surface area contributed by atoms with Crippen LogP contribution in [0.25, 0.3) is 0 Å². The van der Waals surface area contributed by atoms with Crippen molar-refractivity contribution in [3.05, 3.63) is 29.8 Å². The van der Waals surface area contributed by atoms with Crippen molar-refractivity contribution in [1.82, 2.24) is 4.72 Å². The molecule has 0 radical (unpaired) electrons. The lowest BCUT2D eigenvalue weighted by Crippen LogP contribution is -2.48. The monoisotopic (exact) mass is 299 g/mol. The van der Waals surface area contributed by atoms with Crippen LogP contribution in [-0.2, 0) is 19.5 Å². The summed E-state index contributed by atoms with van der Waals surface area (Å²) in [5.41, 5.74) is 0.567. The van der Waals surface area contributed by atoms with Gasteiger partial charge in [-0.1, -0.05) is 17.7 Å². The van der Waals surface area contributed by atoms with Crippen LogP contribution in [-0.4, -0.2) is 40.9 Å². The Labute approximate surface area is 120 Å². The third kappa shape index (κ3) is 3.58. The SMILES string of the molecule is COC1(CNS(=O)(=O)c2ccc(C)cc2)CCOCC1. The lowest BCUT2D eigenvalue weighted by molar-refractivity contribution is -0.0850. The van der Waals surface area contributed by atoms with Gasteiger partial charge in [0, 0.05) is 39.7 Å². The zero-order valence-corrected chi connectivity index (χ0v) is 12.7. The molecule has 0 aromatic heterocycles. The highest BCUT2D eigenvalue weighted by Gasteiger charge is 2.33. The van der Waals surface area contributed by atoms with Crippen LogP contribution in [0.2, 0.25) is 0 Å². The largest absolute Gasteiger partial charge is 0.381 e. The molecule has 0 amide bonds. The molecule has 1 aliphatic rings. The van der Waals surface area contributed by atoms with Crippen molar-refractivity contribution in [2.75, 3.05) is 26.9 Å². The molecule has 1 heterocycles. The van der Waals surface area contributed by atoms with Crippen molar-refractivity contribution in [2.24, 2.45) is 0 Å². The molecule has 1 aromatic rings. The minimum absolute atomic E-state index is 0.267. The number of hydrogen-bond donors (Lipinski definition) is 1. The number of methoxy groups -OCH3 is 1. The van der Waals surface area contributed by atoms with Crippen LogP contribution in [0.3, 0.4) is 0 Å². The van der Waals surface area contributed by atoms with E-state index in [1.165, 1.54) is 0 Å². The molecule has 0 atom stereocenters. The van der Waals surface area contributed by atoms with Crippen molar-refractivity contribution in [3.8, 4) is 0 Å². The van der Waals surface area contributed by atoms with E-state index < -0.39 is 15.6 Å². The average molecular weight is 299 g/mol. The van der Waals surface area contributed by atoms with Gasteiger partial charge in [0.05, 0.1) is 10.5 Å². The van der Waals surface area contributed by atoms with Crippen molar-refractivity contribution in [1.29, 1.82) is 0 Å². The smallest absolute Gasteiger partial charge is 0.240 e. The van der Waals surface area contributed by atoms with E-state index in [0.29, 0.717) is 26.1 Å². The first-order valence-electron chi connectivity index (χ1n) is 6.67. The van der Waals surface area contributed by atoms with E-state index in [9.17, 15) is 8.42 Å². The van der Waals surface area contributed by atoms with Crippen LogP contribution in [0.5, 0.6) is 0 Å². The third-order valence-electron chi connectivity index (χ3n) is 3.75. The zero-order valence-electron chi connectivity index (χ0n) is 11.9. The zero-order chi connectivity index (χ0) is 14.6. The third-order valence-corrected chi connectivity index (χ3v) is 5.17. The standard InChI is InChI=1S/C14H21NO4S/c1-12-3-5-13(6-4-12)20(16,17)15-11-14(18-2)7-9-19-10-8-14/h3-6,15H,7-11H2,1-2H3. The van der Waals surface area contributed by atoms with Gasteiger partial charge in [-0.05, 0) is 19.1 Å². The Morgan fingerprint density at radius 1 is 1.25 bits per heavy atom. The highest BCUT2D eigenvalue weighted by atomic mass is 32.2. The molecule has 0 aliphatic carbocycles. The van der Waals surface area contributed by atoms with E-state index in [4.69, 9.17) is 9.47 Å². The number of hydrogen-bond acceptors (Lipinski definition) is 4. The first kappa shape index (κ1) is 15.4. The molecule has 2 rings (SSSR count). The molecule has 1 aromatic carbocycles. The number of ether oxygens (including phenoxy) is 2. The second-order valence-electron chi connectivity index (χ2n) is 5.14. The van der Waals surface area contributed by atoms with E-state index >= 15 is 0 Å². The summed E-state index contributed by atoms with van der Waals surface area (Å²) in [5, 5.41) is 0. The number of aryl methyl sites for hydroxylation is 1. The highest BCUT2D eigenvalue weighted by molar-refractivity contribution is 7.89. The number of rotatable bonds is 5. The molecule has 5 nitrogen and oxygen atoms in total. The molecule has 1 saturated heterocycles. The van der Waals surface area contributed by atoms with Crippen LogP contribution < -0.4 is 4.72 Å². The Balaban J connectivity index is 2.06. The van der Waals surface area contributed by atoms with Gasteiger partial charge in [-0.25, -0.2) is 13.1 Å². The lowest BCUT2D eigenvalue weighted by Gasteiger charge is -2.35. The van der Waals surface area contributed by atoms with Crippen LogP contribution in [0.15, 0.2) is 29.2 Å².